The molecule has 1 N–H and O–H groups in total. The molecule has 8 heteroatoms. The summed E-state index contributed by atoms with van der Waals surface area (Å²) in [7, 11) is -3.84. The number of hydrogen-bond acceptors (Lipinski definition) is 5. The van der Waals surface area contributed by atoms with Gasteiger partial charge in [-0.3, -0.25) is 4.79 Å². The molecule has 2 aromatic rings. The molecule has 0 radical (unpaired) electrons. The van der Waals surface area contributed by atoms with Crippen molar-refractivity contribution >= 4 is 21.6 Å². The smallest absolute Gasteiger partial charge is 0.249 e. The summed E-state index contributed by atoms with van der Waals surface area (Å²) in [5.41, 5.74) is 2.14. The number of hydrogen-bond donors (Lipinski definition) is 1. The average molecular weight is 391 g/mol. The number of aromatic nitrogens is 1. The fraction of sp³-hybridized carbons (Fsp3) is 0.474. The van der Waals surface area contributed by atoms with Crippen molar-refractivity contribution in [3.05, 3.63) is 41.3 Å². The highest BCUT2D eigenvalue weighted by Crippen LogP contribution is 2.30. The second kappa shape index (κ2) is 7.44. The molecule has 146 valence electrons. The lowest BCUT2D eigenvalue weighted by Gasteiger charge is -2.23. The van der Waals surface area contributed by atoms with Gasteiger partial charge in [-0.1, -0.05) is 31.1 Å². The predicted molar refractivity (Wildman–Crippen MR) is 102 cm³/mol. The van der Waals surface area contributed by atoms with Gasteiger partial charge >= 0.3 is 0 Å². The number of anilines is 1. The molecule has 1 aliphatic rings. The Labute approximate surface area is 159 Å². The SMILES string of the molecule is Cc1noc(C)c1S(=O)(=O)N1CCCC1C(=O)Nc1ccc(C(C)C)cc1. The van der Waals surface area contributed by atoms with Gasteiger partial charge in [-0.15, -0.1) is 0 Å². The van der Waals surface area contributed by atoms with Crippen LogP contribution in [-0.2, 0) is 14.8 Å². The van der Waals surface area contributed by atoms with Crippen molar-refractivity contribution in [2.75, 3.05) is 11.9 Å². The summed E-state index contributed by atoms with van der Waals surface area (Å²) in [4.78, 5) is 12.8. The van der Waals surface area contributed by atoms with Crippen LogP contribution in [0.1, 0.15) is 49.6 Å². The lowest BCUT2D eigenvalue weighted by atomic mass is 10.0. The first kappa shape index (κ1) is 19.6. The fourth-order valence-corrected chi connectivity index (χ4v) is 5.38. The van der Waals surface area contributed by atoms with E-state index in [4.69, 9.17) is 4.52 Å². The van der Waals surface area contributed by atoms with Crippen molar-refractivity contribution < 1.29 is 17.7 Å². The van der Waals surface area contributed by atoms with E-state index in [2.05, 4.69) is 24.3 Å². The number of amides is 1. The summed E-state index contributed by atoms with van der Waals surface area (Å²) in [6.07, 6.45) is 1.12. The Morgan fingerprint density at radius 1 is 1.26 bits per heavy atom. The molecule has 0 aliphatic carbocycles. The van der Waals surface area contributed by atoms with Crippen LogP contribution in [0.25, 0.3) is 0 Å². The molecule has 1 atom stereocenters. The van der Waals surface area contributed by atoms with Gasteiger partial charge in [0.25, 0.3) is 0 Å². The number of carbonyl (C=O) groups is 1. The third kappa shape index (κ3) is 3.77. The highest BCUT2D eigenvalue weighted by atomic mass is 32.2. The van der Waals surface area contributed by atoms with Crippen molar-refractivity contribution in [3.8, 4) is 0 Å². The van der Waals surface area contributed by atoms with Gasteiger partial charge < -0.3 is 9.84 Å². The summed E-state index contributed by atoms with van der Waals surface area (Å²) in [6.45, 7) is 7.66. The molecule has 27 heavy (non-hydrogen) atoms. The van der Waals surface area contributed by atoms with E-state index < -0.39 is 16.1 Å². The van der Waals surface area contributed by atoms with Crippen LogP contribution in [0.5, 0.6) is 0 Å². The average Bonchev–Trinajstić information content (AvgIpc) is 3.23. The lowest BCUT2D eigenvalue weighted by molar-refractivity contribution is -0.119. The molecule has 3 rings (SSSR count). The van der Waals surface area contributed by atoms with Gasteiger partial charge in [-0.25, -0.2) is 8.42 Å². The molecular weight excluding hydrogens is 366 g/mol. The molecule has 1 aliphatic heterocycles. The minimum absolute atomic E-state index is 0.0588. The topological polar surface area (TPSA) is 92.5 Å². The van der Waals surface area contributed by atoms with Crippen molar-refractivity contribution in [3.63, 3.8) is 0 Å². The standard InChI is InChI=1S/C19H25N3O4S/c1-12(2)15-7-9-16(10-8-15)20-19(23)17-6-5-11-22(17)27(24,25)18-13(3)21-26-14(18)4/h7-10,12,17H,5-6,11H2,1-4H3,(H,20,23). The monoisotopic (exact) mass is 391 g/mol. The first-order chi connectivity index (χ1) is 12.7. The molecule has 0 saturated carbocycles. The fourth-order valence-electron chi connectivity index (χ4n) is 3.43. The Hall–Kier alpha value is -2.19. The van der Waals surface area contributed by atoms with Gasteiger partial charge in [0, 0.05) is 12.2 Å². The van der Waals surface area contributed by atoms with E-state index in [-0.39, 0.29) is 16.6 Å². The highest BCUT2D eigenvalue weighted by molar-refractivity contribution is 7.89. The quantitative estimate of drug-likeness (QED) is 0.845. The summed E-state index contributed by atoms with van der Waals surface area (Å²) < 4.78 is 32.4. The van der Waals surface area contributed by atoms with Crippen molar-refractivity contribution in [1.82, 2.24) is 9.46 Å². The van der Waals surface area contributed by atoms with Gasteiger partial charge in [0.05, 0.1) is 0 Å². The molecule has 1 saturated heterocycles. The maximum atomic E-state index is 13.1. The normalized spacial score (nSPS) is 18.2. The van der Waals surface area contributed by atoms with E-state index in [0.717, 1.165) is 0 Å². The Morgan fingerprint density at radius 3 is 2.48 bits per heavy atom. The Bertz CT molecular complexity index is 913. The van der Waals surface area contributed by atoms with E-state index >= 15 is 0 Å². The van der Waals surface area contributed by atoms with Crippen molar-refractivity contribution in [2.45, 2.75) is 57.4 Å². The van der Waals surface area contributed by atoms with Crippen LogP contribution < -0.4 is 5.32 Å². The van der Waals surface area contributed by atoms with Gasteiger partial charge in [-0.05, 0) is 50.3 Å². The molecular formula is C19H25N3O4S. The molecule has 0 spiro atoms. The summed E-state index contributed by atoms with van der Waals surface area (Å²) in [6, 6.07) is 6.87. The van der Waals surface area contributed by atoms with Crippen LogP contribution in [0, 0.1) is 13.8 Å². The van der Waals surface area contributed by atoms with E-state index in [9.17, 15) is 13.2 Å². The summed E-state index contributed by atoms with van der Waals surface area (Å²) in [5, 5.41) is 6.57. The molecule has 1 aromatic carbocycles. The van der Waals surface area contributed by atoms with Gasteiger partial charge in [-0.2, -0.15) is 4.31 Å². The van der Waals surface area contributed by atoms with Crippen molar-refractivity contribution in [2.24, 2.45) is 0 Å². The van der Waals surface area contributed by atoms with E-state index in [0.29, 0.717) is 36.7 Å². The molecule has 7 nitrogen and oxygen atoms in total. The van der Waals surface area contributed by atoms with E-state index in [1.807, 2.05) is 24.3 Å². The summed E-state index contributed by atoms with van der Waals surface area (Å²) >= 11 is 0. The van der Waals surface area contributed by atoms with E-state index in [1.54, 1.807) is 13.8 Å². The zero-order valence-electron chi connectivity index (χ0n) is 16.0. The minimum atomic E-state index is -3.84. The second-order valence-electron chi connectivity index (χ2n) is 7.19. The maximum Gasteiger partial charge on any atom is 0.249 e. The number of benzene rings is 1. The van der Waals surface area contributed by atoms with Crippen LogP contribution in [-0.4, -0.2) is 36.4 Å². The number of carbonyl (C=O) groups excluding carboxylic acids is 1. The van der Waals surface area contributed by atoms with Crippen LogP contribution in [0.4, 0.5) is 5.69 Å². The number of nitrogens with zero attached hydrogens (tertiary/aromatic N) is 2. The third-order valence-corrected chi connectivity index (χ3v) is 7.04. The largest absolute Gasteiger partial charge is 0.360 e. The minimum Gasteiger partial charge on any atom is -0.360 e. The highest BCUT2D eigenvalue weighted by Gasteiger charge is 2.41. The molecule has 2 heterocycles. The first-order valence-electron chi connectivity index (χ1n) is 9.07. The van der Waals surface area contributed by atoms with Gasteiger partial charge in [0.15, 0.2) is 5.76 Å². The van der Waals surface area contributed by atoms with Gasteiger partial charge in [0.1, 0.15) is 16.6 Å². The maximum absolute atomic E-state index is 13.1. The summed E-state index contributed by atoms with van der Waals surface area (Å²) in [5.74, 6) is 0.322. The second-order valence-corrected chi connectivity index (χ2v) is 9.02. The first-order valence-corrected chi connectivity index (χ1v) is 10.5. The molecule has 1 aromatic heterocycles. The van der Waals surface area contributed by atoms with Crippen LogP contribution >= 0.6 is 0 Å². The molecule has 0 bridgehead atoms. The van der Waals surface area contributed by atoms with Crippen LogP contribution in [0.3, 0.4) is 0 Å². The van der Waals surface area contributed by atoms with Crippen LogP contribution in [0.2, 0.25) is 0 Å². The molecule has 1 amide bonds. The Balaban J connectivity index is 1.80. The van der Waals surface area contributed by atoms with E-state index in [1.165, 1.54) is 9.87 Å². The van der Waals surface area contributed by atoms with Crippen LogP contribution in [0.15, 0.2) is 33.7 Å². The number of sulfonamides is 1. The Kier molecular flexibility index (Phi) is 5.39. The number of aryl methyl sites for hydroxylation is 2. The zero-order valence-corrected chi connectivity index (χ0v) is 16.8. The van der Waals surface area contributed by atoms with Gasteiger partial charge in [0.2, 0.25) is 15.9 Å². The van der Waals surface area contributed by atoms with Crippen molar-refractivity contribution in [1.29, 1.82) is 0 Å². The lowest BCUT2D eigenvalue weighted by Crippen LogP contribution is -2.43. The Morgan fingerprint density at radius 2 is 1.93 bits per heavy atom. The molecule has 1 unspecified atom stereocenters. The molecule has 1 fully saturated rings. The number of nitrogens with one attached hydrogen (secondary N) is 1. The zero-order chi connectivity index (χ0) is 19.8. The third-order valence-electron chi connectivity index (χ3n) is 4.89. The predicted octanol–water partition coefficient (Wildman–Crippen LogP) is 3.21. The number of rotatable bonds is 5.